The molecule has 3 aromatic rings. The second kappa shape index (κ2) is 9.86. The summed E-state index contributed by atoms with van der Waals surface area (Å²) in [4.78, 5) is 15.0. The molecule has 0 radical (unpaired) electrons. The molecule has 1 aliphatic rings. The summed E-state index contributed by atoms with van der Waals surface area (Å²) in [5.41, 5.74) is 1.99. The van der Waals surface area contributed by atoms with Crippen LogP contribution in [0.2, 0.25) is 0 Å². The quantitative estimate of drug-likeness (QED) is 0.314. The van der Waals surface area contributed by atoms with Gasteiger partial charge in [0.25, 0.3) is 0 Å². The summed E-state index contributed by atoms with van der Waals surface area (Å²) in [6.45, 7) is 2.19. The van der Waals surface area contributed by atoms with Crippen LogP contribution in [0.3, 0.4) is 0 Å². The SMILES string of the molecule is CN=C(NCCc1cn2ccccc2n1)NC1CCN(c2ncccc2F)C1.I. The number of guanidine groups is 1. The van der Waals surface area contributed by atoms with Crippen molar-refractivity contribution in [3.05, 3.63) is 60.4 Å². The highest BCUT2D eigenvalue weighted by Crippen LogP contribution is 2.20. The number of hydrogen-bond acceptors (Lipinski definition) is 4. The van der Waals surface area contributed by atoms with Crippen molar-refractivity contribution in [1.82, 2.24) is 25.0 Å². The Morgan fingerprint density at radius 3 is 3.00 bits per heavy atom. The van der Waals surface area contributed by atoms with Gasteiger partial charge in [-0.1, -0.05) is 6.07 Å². The Hall–Kier alpha value is -2.43. The largest absolute Gasteiger partial charge is 0.356 e. The molecule has 1 aliphatic heterocycles. The molecule has 4 rings (SSSR count). The zero-order chi connectivity index (χ0) is 19.3. The number of pyridine rings is 2. The number of rotatable bonds is 5. The molecule has 1 unspecified atom stereocenters. The highest BCUT2D eigenvalue weighted by atomic mass is 127. The van der Waals surface area contributed by atoms with Gasteiger partial charge >= 0.3 is 0 Å². The average molecular weight is 509 g/mol. The molecule has 1 atom stereocenters. The molecule has 2 N–H and O–H groups in total. The van der Waals surface area contributed by atoms with Crippen molar-refractivity contribution in [2.75, 3.05) is 31.6 Å². The lowest BCUT2D eigenvalue weighted by atomic mass is 10.3. The van der Waals surface area contributed by atoms with Gasteiger partial charge in [-0.25, -0.2) is 14.4 Å². The first kappa shape index (κ1) is 21.3. The van der Waals surface area contributed by atoms with Crippen LogP contribution < -0.4 is 15.5 Å². The van der Waals surface area contributed by atoms with E-state index in [4.69, 9.17) is 0 Å². The molecule has 0 saturated carbocycles. The predicted molar refractivity (Wildman–Crippen MR) is 124 cm³/mol. The van der Waals surface area contributed by atoms with Gasteiger partial charge in [-0.3, -0.25) is 4.99 Å². The lowest BCUT2D eigenvalue weighted by molar-refractivity contribution is 0.612. The topological polar surface area (TPSA) is 69.8 Å². The number of halogens is 2. The maximum Gasteiger partial charge on any atom is 0.191 e. The van der Waals surface area contributed by atoms with Crippen LogP contribution in [-0.2, 0) is 6.42 Å². The number of fused-ring (bicyclic) bond motifs is 1. The van der Waals surface area contributed by atoms with Crippen LogP contribution in [0.4, 0.5) is 10.2 Å². The summed E-state index contributed by atoms with van der Waals surface area (Å²) in [6.07, 6.45) is 7.37. The summed E-state index contributed by atoms with van der Waals surface area (Å²) in [6, 6.07) is 9.22. The van der Waals surface area contributed by atoms with E-state index in [1.54, 1.807) is 19.3 Å². The standard InChI is InChI=1S/C20H24FN7.HI/c1-22-20(24-10-7-15-13-27-11-3-2-6-18(27)25-15)26-16-8-12-28(14-16)19-17(21)5-4-9-23-19;/h2-6,9,11,13,16H,7-8,10,12,14H2,1H3,(H2,22,24,26);1H. The van der Waals surface area contributed by atoms with Crippen LogP contribution in [0.15, 0.2) is 53.9 Å². The minimum absolute atomic E-state index is 0. The van der Waals surface area contributed by atoms with Gasteiger partial charge in [-0.2, -0.15) is 0 Å². The van der Waals surface area contributed by atoms with E-state index < -0.39 is 0 Å². The maximum absolute atomic E-state index is 13.9. The van der Waals surface area contributed by atoms with Gasteiger partial charge in [0, 0.05) is 57.7 Å². The van der Waals surface area contributed by atoms with Gasteiger partial charge < -0.3 is 19.9 Å². The van der Waals surface area contributed by atoms with E-state index in [1.807, 2.05) is 39.9 Å². The third-order valence-corrected chi connectivity index (χ3v) is 4.88. The third kappa shape index (κ3) is 5.14. The Kier molecular flexibility index (Phi) is 7.24. The van der Waals surface area contributed by atoms with E-state index in [1.165, 1.54) is 6.07 Å². The highest BCUT2D eigenvalue weighted by Gasteiger charge is 2.25. The Balaban J connectivity index is 0.00000240. The van der Waals surface area contributed by atoms with E-state index in [2.05, 4.69) is 25.6 Å². The molecule has 3 aromatic heterocycles. The monoisotopic (exact) mass is 509 g/mol. The van der Waals surface area contributed by atoms with Gasteiger partial charge in [-0.05, 0) is 30.7 Å². The van der Waals surface area contributed by atoms with Crippen LogP contribution in [0.25, 0.3) is 5.65 Å². The predicted octanol–water partition coefficient (Wildman–Crippen LogP) is 2.47. The van der Waals surface area contributed by atoms with Crippen LogP contribution in [0.1, 0.15) is 12.1 Å². The van der Waals surface area contributed by atoms with Crippen molar-refractivity contribution >= 4 is 41.4 Å². The summed E-state index contributed by atoms with van der Waals surface area (Å²) in [7, 11) is 1.76. The molecule has 0 aliphatic carbocycles. The molecule has 0 spiro atoms. The highest BCUT2D eigenvalue weighted by molar-refractivity contribution is 14.0. The summed E-state index contributed by atoms with van der Waals surface area (Å²) < 4.78 is 16.0. The van der Waals surface area contributed by atoms with Crippen molar-refractivity contribution in [2.24, 2.45) is 4.99 Å². The van der Waals surface area contributed by atoms with Crippen LogP contribution >= 0.6 is 24.0 Å². The fourth-order valence-electron chi connectivity index (χ4n) is 3.49. The average Bonchev–Trinajstić information content (AvgIpc) is 3.34. The van der Waals surface area contributed by atoms with Crippen molar-refractivity contribution in [2.45, 2.75) is 18.9 Å². The normalized spacial score (nSPS) is 16.7. The summed E-state index contributed by atoms with van der Waals surface area (Å²) in [5.74, 6) is 0.886. The van der Waals surface area contributed by atoms with E-state index in [0.717, 1.165) is 43.2 Å². The smallest absolute Gasteiger partial charge is 0.191 e. The second-order valence-corrected chi connectivity index (χ2v) is 6.83. The van der Waals surface area contributed by atoms with Gasteiger partial charge in [0.1, 0.15) is 5.65 Å². The molecule has 0 bridgehead atoms. The van der Waals surface area contributed by atoms with Crippen LogP contribution in [0, 0.1) is 5.82 Å². The van der Waals surface area contributed by atoms with Gasteiger partial charge in [0.15, 0.2) is 17.6 Å². The number of hydrogen-bond donors (Lipinski definition) is 2. The van der Waals surface area contributed by atoms with Crippen molar-refractivity contribution < 1.29 is 4.39 Å². The molecule has 0 aromatic carbocycles. The fraction of sp³-hybridized carbons (Fsp3) is 0.350. The molecule has 4 heterocycles. The Morgan fingerprint density at radius 2 is 2.21 bits per heavy atom. The number of aromatic nitrogens is 3. The molecule has 9 heteroatoms. The summed E-state index contributed by atoms with van der Waals surface area (Å²) in [5, 5.41) is 6.76. The Labute approximate surface area is 186 Å². The first-order chi connectivity index (χ1) is 13.7. The molecule has 154 valence electrons. The molecule has 29 heavy (non-hydrogen) atoms. The van der Waals surface area contributed by atoms with E-state index in [0.29, 0.717) is 12.4 Å². The van der Waals surface area contributed by atoms with Crippen molar-refractivity contribution in [3.63, 3.8) is 0 Å². The van der Waals surface area contributed by atoms with Crippen LogP contribution in [-0.4, -0.2) is 53.1 Å². The zero-order valence-corrected chi connectivity index (χ0v) is 18.6. The van der Waals surface area contributed by atoms with Gasteiger partial charge in [0.2, 0.25) is 0 Å². The third-order valence-electron chi connectivity index (χ3n) is 4.88. The minimum Gasteiger partial charge on any atom is -0.356 e. The molecular formula is C20H25FIN7. The number of nitrogens with one attached hydrogen (secondary N) is 2. The molecule has 1 saturated heterocycles. The molecule has 1 fully saturated rings. The second-order valence-electron chi connectivity index (χ2n) is 6.83. The van der Waals surface area contributed by atoms with Crippen molar-refractivity contribution in [3.8, 4) is 0 Å². The number of aliphatic imine (C=N–C) groups is 1. The van der Waals surface area contributed by atoms with Crippen molar-refractivity contribution in [1.29, 1.82) is 0 Å². The Bertz CT molecular complexity index is 941. The van der Waals surface area contributed by atoms with E-state index >= 15 is 0 Å². The molecule has 7 nitrogen and oxygen atoms in total. The van der Waals surface area contributed by atoms with E-state index in [-0.39, 0.29) is 35.8 Å². The summed E-state index contributed by atoms with van der Waals surface area (Å²) >= 11 is 0. The number of nitrogens with zero attached hydrogens (tertiary/aromatic N) is 5. The zero-order valence-electron chi connectivity index (χ0n) is 16.3. The first-order valence-electron chi connectivity index (χ1n) is 9.48. The number of imidazole rings is 1. The Morgan fingerprint density at radius 1 is 1.31 bits per heavy atom. The van der Waals surface area contributed by atoms with E-state index in [9.17, 15) is 4.39 Å². The minimum atomic E-state index is -0.280. The van der Waals surface area contributed by atoms with Gasteiger partial charge in [0.05, 0.1) is 5.69 Å². The lowest BCUT2D eigenvalue weighted by Crippen LogP contribution is -2.45. The fourth-order valence-corrected chi connectivity index (χ4v) is 3.49. The number of anilines is 1. The first-order valence-corrected chi connectivity index (χ1v) is 9.48. The molecule has 0 amide bonds. The molecular weight excluding hydrogens is 484 g/mol. The van der Waals surface area contributed by atoms with Gasteiger partial charge in [-0.15, -0.1) is 24.0 Å². The lowest BCUT2D eigenvalue weighted by Gasteiger charge is -2.19. The maximum atomic E-state index is 13.9. The van der Waals surface area contributed by atoms with Crippen LogP contribution in [0.5, 0.6) is 0 Å².